The first-order chi connectivity index (χ1) is 14.0. The Kier molecular flexibility index (Phi) is 7.57. The summed E-state index contributed by atoms with van der Waals surface area (Å²) in [7, 11) is 0. The molecule has 2 N–H and O–H groups in total. The lowest BCUT2D eigenvalue weighted by atomic mass is 10.1. The van der Waals surface area contributed by atoms with Crippen molar-refractivity contribution in [2.75, 3.05) is 26.3 Å². The molecule has 2 aliphatic heterocycles. The number of hydrogen-bond acceptors (Lipinski definition) is 6. The highest BCUT2D eigenvalue weighted by atomic mass is 79.9. The number of halogens is 1. The van der Waals surface area contributed by atoms with E-state index in [0.717, 1.165) is 12.8 Å². The summed E-state index contributed by atoms with van der Waals surface area (Å²) in [5.41, 5.74) is 0.420. The molecule has 2 heterocycles. The predicted molar refractivity (Wildman–Crippen MR) is 112 cm³/mol. The maximum absolute atomic E-state index is 12.5. The highest BCUT2D eigenvalue weighted by Crippen LogP contribution is 2.17. The smallest absolute Gasteiger partial charge is 0.308 e. The largest absolute Gasteiger partial charge is 0.463 e. The average molecular weight is 484 g/mol. The third kappa shape index (κ3) is 5.74. The highest BCUT2D eigenvalue weighted by Gasteiger charge is 2.34. The van der Waals surface area contributed by atoms with Crippen molar-refractivity contribution in [2.24, 2.45) is 0 Å². The Morgan fingerprint density at radius 3 is 2.90 bits per heavy atom. The van der Waals surface area contributed by atoms with Crippen LogP contribution in [0.4, 0.5) is 0 Å². The minimum Gasteiger partial charge on any atom is -0.463 e. The molecule has 0 spiro atoms. The summed E-state index contributed by atoms with van der Waals surface area (Å²) in [6.07, 6.45) is 1.56. The second-order valence-corrected chi connectivity index (χ2v) is 8.00. The van der Waals surface area contributed by atoms with Crippen molar-refractivity contribution in [1.29, 1.82) is 0 Å². The summed E-state index contributed by atoms with van der Waals surface area (Å²) in [6, 6.07) is 6.10. The summed E-state index contributed by atoms with van der Waals surface area (Å²) in [5.74, 6) is -1.23. The number of amides is 2. The van der Waals surface area contributed by atoms with E-state index in [1.165, 1.54) is 0 Å². The zero-order chi connectivity index (χ0) is 20.8. The van der Waals surface area contributed by atoms with E-state index >= 15 is 0 Å². The standard InChI is InChI=1S/C19H22BrN3O5S/c20-14-6-2-1-5-13(14)17(25)22-19(29)23-8-7-21-18(26)15(23)10-16(24)28-11-12-4-3-9-27-12/h1-2,5-6,12,15H,3-4,7-11H2,(H,21,26)(H,22,25,29)/t12-,15+/m1/s1. The van der Waals surface area contributed by atoms with Gasteiger partial charge in [0.1, 0.15) is 12.6 Å². The first kappa shape index (κ1) is 21.7. The van der Waals surface area contributed by atoms with Crippen LogP contribution in [0.25, 0.3) is 0 Å². The van der Waals surface area contributed by atoms with Gasteiger partial charge < -0.3 is 19.7 Å². The number of carbonyl (C=O) groups excluding carboxylic acids is 3. The number of carbonyl (C=O) groups is 3. The molecular formula is C19H22BrN3O5S. The molecule has 2 fully saturated rings. The Labute approximate surface area is 182 Å². The van der Waals surface area contributed by atoms with E-state index in [-0.39, 0.29) is 30.2 Å². The highest BCUT2D eigenvalue weighted by molar-refractivity contribution is 9.10. The fourth-order valence-electron chi connectivity index (χ4n) is 3.22. The number of thiocarbonyl (C=S) groups is 1. The zero-order valence-electron chi connectivity index (χ0n) is 15.7. The molecule has 0 radical (unpaired) electrons. The number of esters is 1. The monoisotopic (exact) mass is 483 g/mol. The molecule has 2 saturated heterocycles. The van der Waals surface area contributed by atoms with Crippen molar-refractivity contribution < 1.29 is 23.9 Å². The van der Waals surface area contributed by atoms with Crippen LogP contribution in [-0.2, 0) is 19.1 Å². The maximum Gasteiger partial charge on any atom is 0.308 e. The van der Waals surface area contributed by atoms with E-state index in [0.29, 0.717) is 29.7 Å². The van der Waals surface area contributed by atoms with Crippen molar-refractivity contribution in [3.63, 3.8) is 0 Å². The predicted octanol–water partition coefficient (Wildman–Crippen LogP) is 1.38. The first-order valence-electron chi connectivity index (χ1n) is 9.37. The summed E-state index contributed by atoms with van der Waals surface area (Å²) >= 11 is 8.68. The summed E-state index contributed by atoms with van der Waals surface area (Å²) < 4.78 is 11.3. The van der Waals surface area contributed by atoms with Gasteiger partial charge in [0.05, 0.1) is 18.1 Å². The van der Waals surface area contributed by atoms with Gasteiger partial charge >= 0.3 is 5.97 Å². The van der Waals surface area contributed by atoms with Gasteiger partial charge in [-0.2, -0.15) is 0 Å². The van der Waals surface area contributed by atoms with E-state index in [4.69, 9.17) is 21.7 Å². The minimum absolute atomic E-state index is 0.0834. The van der Waals surface area contributed by atoms with Crippen molar-refractivity contribution in [2.45, 2.75) is 31.4 Å². The maximum atomic E-state index is 12.5. The van der Waals surface area contributed by atoms with Crippen LogP contribution < -0.4 is 10.6 Å². The fourth-order valence-corrected chi connectivity index (χ4v) is 4.00. The van der Waals surface area contributed by atoms with Gasteiger partial charge in [0.25, 0.3) is 5.91 Å². The molecule has 0 bridgehead atoms. The molecule has 0 aliphatic carbocycles. The van der Waals surface area contributed by atoms with Gasteiger partial charge in [0.2, 0.25) is 5.91 Å². The van der Waals surface area contributed by atoms with Crippen LogP contribution in [0.2, 0.25) is 0 Å². The van der Waals surface area contributed by atoms with Crippen LogP contribution >= 0.6 is 28.1 Å². The van der Waals surface area contributed by atoms with Crippen LogP contribution in [-0.4, -0.2) is 66.2 Å². The second-order valence-electron chi connectivity index (χ2n) is 6.76. The van der Waals surface area contributed by atoms with Gasteiger partial charge in [-0.05, 0) is 53.1 Å². The molecule has 29 heavy (non-hydrogen) atoms. The van der Waals surface area contributed by atoms with E-state index in [1.807, 2.05) is 0 Å². The molecule has 1 aromatic rings. The zero-order valence-corrected chi connectivity index (χ0v) is 18.1. The van der Waals surface area contributed by atoms with Crippen molar-refractivity contribution in [3.05, 3.63) is 34.3 Å². The number of nitrogens with one attached hydrogen (secondary N) is 2. The lowest BCUT2D eigenvalue weighted by Gasteiger charge is -2.36. The number of piperazine rings is 1. The van der Waals surface area contributed by atoms with Crippen molar-refractivity contribution in [1.82, 2.24) is 15.5 Å². The summed E-state index contributed by atoms with van der Waals surface area (Å²) in [6.45, 7) is 1.60. The first-order valence-corrected chi connectivity index (χ1v) is 10.6. The van der Waals surface area contributed by atoms with Crippen LogP contribution in [0.15, 0.2) is 28.7 Å². The molecule has 2 amide bonds. The molecule has 10 heteroatoms. The minimum atomic E-state index is -0.840. The molecule has 3 rings (SSSR count). The number of ether oxygens (including phenoxy) is 2. The number of nitrogens with zero attached hydrogens (tertiary/aromatic N) is 1. The third-order valence-electron chi connectivity index (χ3n) is 4.74. The van der Waals surface area contributed by atoms with E-state index in [2.05, 4.69) is 26.6 Å². The van der Waals surface area contributed by atoms with E-state index < -0.39 is 17.9 Å². The van der Waals surface area contributed by atoms with Crippen molar-refractivity contribution >= 4 is 51.0 Å². The summed E-state index contributed by atoms with van der Waals surface area (Å²) in [4.78, 5) is 38.7. The Hall–Kier alpha value is -2.04. The quantitative estimate of drug-likeness (QED) is 0.482. The van der Waals surface area contributed by atoms with Crippen LogP contribution in [0.1, 0.15) is 29.6 Å². The molecule has 156 valence electrons. The molecule has 2 aliphatic rings. The van der Waals surface area contributed by atoms with Crippen LogP contribution in [0, 0.1) is 0 Å². The molecule has 8 nitrogen and oxygen atoms in total. The molecule has 0 aromatic heterocycles. The number of benzene rings is 1. The van der Waals surface area contributed by atoms with Crippen molar-refractivity contribution in [3.8, 4) is 0 Å². The van der Waals surface area contributed by atoms with Gasteiger partial charge in [-0.1, -0.05) is 12.1 Å². The van der Waals surface area contributed by atoms with E-state index in [9.17, 15) is 14.4 Å². The van der Waals surface area contributed by atoms with E-state index in [1.54, 1.807) is 29.2 Å². The van der Waals surface area contributed by atoms with Gasteiger partial charge in [0, 0.05) is 24.2 Å². The van der Waals surface area contributed by atoms with Gasteiger partial charge in [-0.3, -0.25) is 19.7 Å². The lowest BCUT2D eigenvalue weighted by molar-refractivity contribution is -0.150. The van der Waals surface area contributed by atoms with Gasteiger partial charge in [-0.15, -0.1) is 0 Å². The second kappa shape index (κ2) is 10.1. The number of rotatable bonds is 5. The fraction of sp³-hybridized carbons (Fsp3) is 0.474. The molecule has 1 aromatic carbocycles. The third-order valence-corrected chi connectivity index (χ3v) is 5.77. The Morgan fingerprint density at radius 1 is 1.38 bits per heavy atom. The normalized spacial score (nSPS) is 21.4. The molecule has 0 unspecified atom stereocenters. The number of hydrogen-bond donors (Lipinski definition) is 2. The summed E-state index contributed by atoms with van der Waals surface area (Å²) in [5, 5.41) is 5.46. The van der Waals surface area contributed by atoms with Crippen LogP contribution in [0.5, 0.6) is 0 Å². The van der Waals surface area contributed by atoms with Gasteiger partial charge in [-0.25, -0.2) is 0 Å². The Bertz CT molecular complexity index is 800. The topological polar surface area (TPSA) is 97.0 Å². The van der Waals surface area contributed by atoms with Crippen LogP contribution in [0.3, 0.4) is 0 Å². The Morgan fingerprint density at radius 2 is 2.17 bits per heavy atom. The lowest BCUT2D eigenvalue weighted by Crippen LogP contribution is -2.60. The molecule has 2 atom stereocenters. The average Bonchev–Trinajstić information content (AvgIpc) is 3.22. The Balaban J connectivity index is 1.60. The molecule has 0 saturated carbocycles. The van der Waals surface area contributed by atoms with Gasteiger partial charge in [0.15, 0.2) is 5.11 Å². The molecular weight excluding hydrogens is 462 g/mol. The SMILES string of the molecule is O=C(C[C@H]1C(=O)NCCN1C(=S)NC(=O)c1ccccc1Br)OC[C@H]1CCCO1.